The van der Waals surface area contributed by atoms with Crippen LogP contribution in [0.5, 0.6) is 0 Å². The fraction of sp³-hybridized carbons (Fsp3) is 0.562. The fourth-order valence-electron chi connectivity index (χ4n) is 7.04. The molecule has 6 rings (SSSR count). The average Bonchev–Trinajstić information content (AvgIpc) is 3.31. The average molecular weight is 575 g/mol. The molecule has 224 valence electrons. The Hall–Kier alpha value is -3.08. The van der Waals surface area contributed by atoms with E-state index in [1.807, 2.05) is 30.3 Å². The molecule has 3 aliphatic carbocycles. The second-order valence-corrected chi connectivity index (χ2v) is 13.4. The van der Waals surface area contributed by atoms with Crippen molar-refractivity contribution in [1.82, 2.24) is 10.6 Å². The van der Waals surface area contributed by atoms with Crippen LogP contribution in [0.3, 0.4) is 0 Å². The van der Waals surface area contributed by atoms with Gasteiger partial charge in [0.15, 0.2) is 0 Å². The first-order valence-corrected chi connectivity index (χ1v) is 15.1. The molecule has 1 unspecified atom stereocenters. The molecule has 3 saturated carbocycles. The van der Waals surface area contributed by atoms with Crippen molar-refractivity contribution in [3.8, 4) is 0 Å². The molecule has 2 aromatic rings. The Bertz CT molecular complexity index is 1320. The third-order valence-electron chi connectivity index (χ3n) is 9.55. The molecule has 9 nitrogen and oxygen atoms in total. The van der Waals surface area contributed by atoms with Gasteiger partial charge in [-0.3, -0.25) is 9.59 Å². The Balaban J connectivity index is 1.26. The zero-order valence-electron chi connectivity index (χ0n) is 25.4. The summed E-state index contributed by atoms with van der Waals surface area (Å²) in [6.07, 6.45) is 1.58. The van der Waals surface area contributed by atoms with Gasteiger partial charge in [0.2, 0.25) is 5.91 Å². The normalized spacial score (nSPS) is 28.1. The number of carbonyl (C=O) groups excluding carboxylic acids is 2. The van der Waals surface area contributed by atoms with Crippen LogP contribution in [0.25, 0.3) is 0 Å². The zero-order valence-corrected chi connectivity index (χ0v) is 25.4. The maximum absolute atomic E-state index is 13.6. The number of carbonyl (C=O) groups is 2. The number of amides is 2. The van der Waals surface area contributed by atoms with Crippen molar-refractivity contribution >= 4 is 30.3 Å². The van der Waals surface area contributed by atoms with Crippen molar-refractivity contribution in [1.29, 1.82) is 0 Å². The van der Waals surface area contributed by atoms with E-state index in [0.717, 1.165) is 12.8 Å². The molecule has 0 radical (unpaired) electrons. The van der Waals surface area contributed by atoms with Crippen LogP contribution in [0.1, 0.15) is 71.2 Å². The van der Waals surface area contributed by atoms with Gasteiger partial charge < -0.3 is 25.0 Å². The summed E-state index contributed by atoms with van der Waals surface area (Å²) in [6, 6.07) is 14.8. The lowest BCUT2D eigenvalue weighted by Crippen LogP contribution is -2.65. The van der Waals surface area contributed by atoms with Crippen LogP contribution in [-0.4, -0.2) is 53.8 Å². The van der Waals surface area contributed by atoms with E-state index in [2.05, 4.69) is 55.5 Å². The van der Waals surface area contributed by atoms with Crippen LogP contribution in [0.15, 0.2) is 64.8 Å². The molecule has 42 heavy (non-hydrogen) atoms. The van der Waals surface area contributed by atoms with Gasteiger partial charge in [-0.25, -0.2) is 0 Å². The molecule has 10 heteroatoms. The number of benzene rings is 2. The summed E-state index contributed by atoms with van der Waals surface area (Å²) in [4.78, 5) is 26.8. The topological polar surface area (TPSA) is 122 Å². The predicted octanol–water partition coefficient (Wildman–Crippen LogP) is 5.38. The van der Waals surface area contributed by atoms with E-state index in [0.29, 0.717) is 35.2 Å². The molecule has 2 bridgehead atoms. The molecule has 0 spiro atoms. The minimum absolute atomic E-state index is 0.00980. The molecule has 4 fully saturated rings. The van der Waals surface area contributed by atoms with Crippen LogP contribution in [0, 0.1) is 23.2 Å². The number of aliphatic hydroxyl groups is 1. The summed E-state index contributed by atoms with van der Waals surface area (Å²) in [5, 5.41) is 24.7. The highest BCUT2D eigenvalue weighted by molar-refractivity contribution is 6.48. The van der Waals surface area contributed by atoms with Gasteiger partial charge in [-0.15, -0.1) is 0 Å². The largest absolute Gasteiger partial charge is 0.481 e. The fourth-order valence-corrected chi connectivity index (χ4v) is 7.04. The third-order valence-corrected chi connectivity index (χ3v) is 9.55. The molecule has 3 N–H and O–H groups in total. The smallest absolute Gasteiger partial charge is 0.404 e. The van der Waals surface area contributed by atoms with Crippen LogP contribution < -0.4 is 10.6 Å². The van der Waals surface area contributed by atoms with Crippen molar-refractivity contribution in [3.05, 3.63) is 60.2 Å². The Morgan fingerprint density at radius 1 is 1.00 bits per heavy atom. The van der Waals surface area contributed by atoms with E-state index in [1.165, 1.54) is 6.92 Å². The molecular weight excluding hydrogens is 531 g/mol. The van der Waals surface area contributed by atoms with Crippen molar-refractivity contribution in [3.63, 3.8) is 0 Å². The highest BCUT2D eigenvalue weighted by atomic mass is 16.7. The molecule has 1 saturated heterocycles. The van der Waals surface area contributed by atoms with Crippen LogP contribution in [-0.2, 0) is 14.1 Å². The van der Waals surface area contributed by atoms with Gasteiger partial charge in [0.1, 0.15) is 6.04 Å². The summed E-state index contributed by atoms with van der Waals surface area (Å²) in [6.45, 7) is 12.4. The van der Waals surface area contributed by atoms with Gasteiger partial charge in [0, 0.05) is 5.56 Å². The lowest BCUT2D eigenvalue weighted by Gasteiger charge is -2.64. The van der Waals surface area contributed by atoms with Crippen LogP contribution in [0.4, 0.5) is 11.4 Å². The molecule has 2 aromatic carbocycles. The van der Waals surface area contributed by atoms with E-state index in [4.69, 9.17) is 9.31 Å². The number of hydrogen-bond donors (Lipinski definition) is 3. The molecular formula is C32H43BN4O5. The lowest BCUT2D eigenvalue weighted by atomic mass is 9.43. The highest BCUT2D eigenvalue weighted by Gasteiger charge is 2.68. The molecule has 7 atom stereocenters. The Morgan fingerprint density at radius 2 is 1.69 bits per heavy atom. The minimum Gasteiger partial charge on any atom is -0.404 e. The molecule has 1 heterocycles. The van der Waals surface area contributed by atoms with Crippen LogP contribution in [0.2, 0.25) is 0 Å². The zero-order chi connectivity index (χ0) is 30.2. The first kappa shape index (κ1) is 30.4. The summed E-state index contributed by atoms with van der Waals surface area (Å²) < 4.78 is 13.1. The number of nitrogens with zero attached hydrogens (tertiary/aromatic N) is 2. The van der Waals surface area contributed by atoms with Gasteiger partial charge in [-0.05, 0) is 86.6 Å². The maximum Gasteiger partial charge on any atom is 0.481 e. The first-order valence-electron chi connectivity index (χ1n) is 15.1. The van der Waals surface area contributed by atoms with Crippen molar-refractivity contribution in [2.24, 2.45) is 33.4 Å². The minimum atomic E-state index is -1.17. The summed E-state index contributed by atoms with van der Waals surface area (Å²) >= 11 is 0. The van der Waals surface area contributed by atoms with Crippen molar-refractivity contribution < 1.29 is 24.0 Å². The third kappa shape index (κ3) is 6.03. The van der Waals surface area contributed by atoms with E-state index in [9.17, 15) is 14.7 Å². The summed E-state index contributed by atoms with van der Waals surface area (Å²) in [7, 11) is -0.599. The number of rotatable bonds is 10. The summed E-state index contributed by atoms with van der Waals surface area (Å²) in [5.41, 5.74) is 1.30. The van der Waals surface area contributed by atoms with E-state index >= 15 is 0 Å². The van der Waals surface area contributed by atoms with Gasteiger partial charge in [0.05, 0.1) is 35.1 Å². The van der Waals surface area contributed by atoms with E-state index < -0.39 is 42.6 Å². The Kier molecular flexibility index (Phi) is 8.61. The molecule has 4 aliphatic rings. The molecule has 0 aromatic heterocycles. The number of nitrogens with one attached hydrogen (secondary N) is 2. The second-order valence-electron chi connectivity index (χ2n) is 13.4. The second kappa shape index (κ2) is 11.9. The van der Waals surface area contributed by atoms with Gasteiger partial charge >= 0.3 is 7.12 Å². The van der Waals surface area contributed by atoms with Gasteiger partial charge in [-0.2, -0.15) is 10.2 Å². The Labute approximate surface area is 249 Å². The highest BCUT2D eigenvalue weighted by Crippen LogP contribution is 2.65. The Morgan fingerprint density at radius 3 is 2.36 bits per heavy atom. The van der Waals surface area contributed by atoms with Crippen molar-refractivity contribution in [2.75, 3.05) is 0 Å². The SMILES string of the molecule is CC(C)C[C@H](NC(=O)[C@@H](NC(=O)c1cccc(N=Nc2ccccc2)c1)[C@@H](C)O)B1OC2C[C@@H]3C[C@@H](C3(C)C)[C@]2(C)O1. The first-order chi connectivity index (χ1) is 19.9. The quantitative estimate of drug-likeness (QED) is 0.260. The molecule has 1 aliphatic heterocycles. The number of aliphatic hydroxyl groups excluding tert-OH is 1. The van der Waals surface area contributed by atoms with Gasteiger partial charge in [0.25, 0.3) is 5.91 Å². The predicted molar refractivity (Wildman–Crippen MR) is 161 cm³/mol. The number of hydrogen-bond acceptors (Lipinski definition) is 7. The molecule has 2 amide bonds. The lowest BCUT2D eigenvalue weighted by molar-refractivity contribution is -0.199. The van der Waals surface area contributed by atoms with E-state index in [-0.39, 0.29) is 17.4 Å². The van der Waals surface area contributed by atoms with Crippen LogP contribution >= 0.6 is 0 Å². The summed E-state index contributed by atoms with van der Waals surface area (Å²) in [5.74, 6) is -0.130. The maximum atomic E-state index is 13.6. The van der Waals surface area contributed by atoms with Gasteiger partial charge in [-0.1, -0.05) is 52.0 Å². The van der Waals surface area contributed by atoms with E-state index in [1.54, 1.807) is 24.3 Å². The van der Waals surface area contributed by atoms with Crippen molar-refractivity contribution in [2.45, 2.75) is 90.6 Å². The monoisotopic (exact) mass is 574 g/mol. The number of azo groups is 1. The standard InChI is InChI=1S/C32H43BN4O5/c1-19(2)15-27(33-41-26-18-22-17-25(31(22,4)5)32(26,6)42-33)34-30(40)28(20(3)38)35-29(39)21-11-10-14-24(16-21)37-36-23-12-8-7-9-13-23/h7-14,16,19-20,22,25-28,38H,15,17-18H2,1-6H3,(H,34,40)(H,35,39)/t20-,22+,25+,26?,27+,28+,32+/m1/s1.